The third-order valence-electron chi connectivity index (χ3n) is 3.19. The van der Waals surface area contributed by atoms with Crippen molar-refractivity contribution in [3.05, 3.63) is 65.2 Å². The molecule has 2 aromatic carbocycles. The highest BCUT2D eigenvalue weighted by Gasteiger charge is 2.07. The van der Waals surface area contributed by atoms with Crippen molar-refractivity contribution in [2.45, 2.75) is 25.8 Å². The number of nitrogens with one attached hydrogen (secondary N) is 2. The van der Waals surface area contributed by atoms with Crippen molar-refractivity contribution in [2.24, 2.45) is 0 Å². The molecule has 2 aromatic rings. The highest BCUT2D eigenvalue weighted by Crippen LogP contribution is 2.13. The van der Waals surface area contributed by atoms with Crippen LogP contribution in [0.2, 0.25) is 5.02 Å². The maximum Gasteiger partial charge on any atom is 0.319 e. The van der Waals surface area contributed by atoms with Gasteiger partial charge in [-0.3, -0.25) is 0 Å². The van der Waals surface area contributed by atoms with Crippen LogP contribution in [0.3, 0.4) is 0 Å². The van der Waals surface area contributed by atoms with Crippen molar-refractivity contribution >= 4 is 23.3 Å². The van der Waals surface area contributed by atoms with Crippen LogP contribution in [0.5, 0.6) is 0 Å². The van der Waals surface area contributed by atoms with Gasteiger partial charge < -0.3 is 10.6 Å². The van der Waals surface area contributed by atoms with E-state index < -0.39 is 0 Å². The number of aryl methyl sites for hydroxylation is 1. The average Bonchev–Trinajstić information content (AvgIpc) is 2.48. The molecule has 0 radical (unpaired) electrons. The minimum atomic E-state index is -0.196. The third kappa shape index (κ3) is 5.48. The van der Waals surface area contributed by atoms with E-state index in [2.05, 4.69) is 22.8 Å². The van der Waals surface area contributed by atoms with E-state index in [9.17, 15) is 4.79 Å². The minimum absolute atomic E-state index is 0.109. The lowest BCUT2D eigenvalue weighted by molar-refractivity contribution is 0.248. The average molecular weight is 303 g/mol. The number of carbonyl (C=O) groups is 1. The summed E-state index contributed by atoms with van der Waals surface area (Å²) in [7, 11) is 0. The van der Waals surface area contributed by atoms with E-state index in [0.717, 1.165) is 18.5 Å². The van der Waals surface area contributed by atoms with Crippen molar-refractivity contribution in [2.75, 3.05) is 5.32 Å². The lowest BCUT2D eigenvalue weighted by Crippen LogP contribution is -2.36. The minimum Gasteiger partial charge on any atom is -0.335 e. The van der Waals surface area contributed by atoms with Gasteiger partial charge in [-0.1, -0.05) is 41.9 Å². The number of urea groups is 1. The monoisotopic (exact) mass is 302 g/mol. The Hall–Kier alpha value is -2.00. The molecule has 2 rings (SSSR count). The van der Waals surface area contributed by atoms with Crippen LogP contribution in [0.15, 0.2) is 54.6 Å². The molecule has 0 spiro atoms. The molecule has 0 aliphatic carbocycles. The zero-order valence-electron chi connectivity index (χ0n) is 12.0. The lowest BCUT2D eigenvalue weighted by atomic mass is 10.1. The predicted octanol–water partition coefficient (Wildman–Crippen LogP) is 4.48. The number of carbonyl (C=O) groups excluding carboxylic acids is 1. The summed E-state index contributed by atoms with van der Waals surface area (Å²) in [6.07, 6.45) is 1.85. The molecule has 0 bridgehead atoms. The second-order valence-electron chi connectivity index (χ2n) is 5.03. The quantitative estimate of drug-likeness (QED) is 0.840. The number of halogens is 1. The van der Waals surface area contributed by atoms with Crippen LogP contribution in [0.1, 0.15) is 18.9 Å². The Morgan fingerprint density at radius 1 is 1.10 bits per heavy atom. The molecule has 2 amide bonds. The van der Waals surface area contributed by atoms with Crippen LogP contribution >= 0.6 is 11.6 Å². The fourth-order valence-corrected chi connectivity index (χ4v) is 2.15. The topological polar surface area (TPSA) is 41.1 Å². The number of hydrogen-bond acceptors (Lipinski definition) is 1. The molecule has 0 unspecified atom stereocenters. The number of benzene rings is 2. The van der Waals surface area contributed by atoms with Gasteiger partial charge in [0.05, 0.1) is 0 Å². The van der Waals surface area contributed by atoms with Gasteiger partial charge in [-0.15, -0.1) is 0 Å². The molecule has 21 heavy (non-hydrogen) atoms. The van der Waals surface area contributed by atoms with Crippen LogP contribution in [-0.4, -0.2) is 12.1 Å². The first-order valence-electron chi connectivity index (χ1n) is 7.00. The Labute approximate surface area is 130 Å². The SMILES string of the molecule is C[C@@H](CCc1ccccc1)NC(=O)Nc1ccc(Cl)cc1. The summed E-state index contributed by atoms with van der Waals surface area (Å²) in [6.45, 7) is 2.00. The first-order chi connectivity index (χ1) is 10.1. The Morgan fingerprint density at radius 3 is 2.43 bits per heavy atom. The van der Waals surface area contributed by atoms with E-state index in [1.165, 1.54) is 5.56 Å². The number of hydrogen-bond donors (Lipinski definition) is 2. The fraction of sp³-hybridized carbons (Fsp3) is 0.235. The molecule has 0 saturated carbocycles. The molecule has 4 heteroatoms. The van der Waals surface area contributed by atoms with E-state index in [4.69, 9.17) is 11.6 Å². The Kier molecular flexibility index (Phi) is 5.64. The maximum absolute atomic E-state index is 11.9. The van der Waals surface area contributed by atoms with E-state index in [1.807, 2.05) is 25.1 Å². The summed E-state index contributed by atoms with van der Waals surface area (Å²) in [5.41, 5.74) is 2.01. The molecule has 1 atom stereocenters. The predicted molar refractivity (Wildman–Crippen MR) is 87.8 cm³/mol. The van der Waals surface area contributed by atoms with Crippen molar-refractivity contribution < 1.29 is 4.79 Å². The molecule has 2 N–H and O–H groups in total. The van der Waals surface area contributed by atoms with Gasteiger partial charge in [-0.05, 0) is 49.6 Å². The van der Waals surface area contributed by atoms with E-state index in [1.54, 1.807) is 24.3 Å². The molecule has 0 aromatic heterocycles. The number of anilines is 1. The summed E-state index contributed by atoms with van der Waals surface area (Å²) in [5, 5.41) is 6.37. The summed E-state index contributed by atoms with van der Waals surface area (Å²) in [6, 6.07) is 17.2. The van der Waals surface area contributed by atoms with Crippen molar-refractivity contribution in [1.82, 2.24) is 5.32 Å². The molecule has 110 valence electrons. The van der Waals surface area contributed by atoms with Gasteiger partial charge >= 0.3 is 6.03 Å². The van der Waals surface area contributed by atoms with E-state index in [-0.39, 0.29) is 12.1 Å². The Bertz CT molecular complexity index is 569. The van der Waals surface area contributed by atoms with Crippen LogP contribution in [0.25, 0.3) is 0 Å². The van der Waals surface area contributed by atoms with Crippen LogP contribution in [0.4, 0.5) is 10.5 Å². The number of amides is 2. The Balaban J connectivity index is 1.75. The first-order valence-corrected chi connectivity index (χ1v) is 7.38. The molecule has 0 heterocycles. The van der Waals surface area contributed by atoms with Crippen molar-refractivity contribution in [3.63, 3.8) is 0 Å². The second kappa shape index (κ2) is 7.70. The Morgan fingerprint density at radius 2 is 1.76 bits per heavy atom. The standard InChI is InChI=1S/C17H19ClN2O/c1-13(7-8-14-5-3-2-4-6-14)19-17(21)20-16-11-9-15(18)10-12-16/h2-6,9-13H,7-8H2,1H3,(H2,19,20,21)/t13-/m0/s1. The van der Waals surface area contributed by atoms with E-state index >= 15 is 0 Å². The lowest BCUT2D eigenvalue weighted by Gasteiger charge is -2.14. The van der Waals surface area contributed by atoms with Gasteiger partial charge in [0.15, 0.2) is 0 Å². The highest BCUT2D eigenvalue weighted by atomic mass is 35.5. The molecule has 0 saturated heterocycles. The van der Waals surface area contributed by atoms with Crippen LogP contribution in [0, 0.1) is 0 Å². The van der Waals surface area contributed by atoms with Crippen molar-refractivity contribution in [1.29, 1.82) is 0 Å². The zero-order chi connectivity index (χ0) is 15.1. The van der Waals surface area contributed by atoms with Crippen LogP contribution < -0.4 is 10.6 Å². The molecule has 0 aliphatic rings. The van der Waals surface area contributed by atoms with Crippen LogP contribution in [-0.2, 0) is 6.42 Å². The van der Waals surface area contributed by atoms with Crippen molar-refractivity contribution in [3.8, 4) is 0 Å². The molecule has 3 nitrogen and oxygen atoms in total. The largest absolute Gasteiger partial charge is 0.335 e. The normalized spacial score (nSPS) is 11.7. The van der Waals surface area contributed by atoms with Gasteiger partial charge in [0, 0.05) is 16.8 Å². The van der Waals surface area contributed by atoms with Gasteiger partial charge in [0.2, 0.25) is 0 Å². The molecular formula is C17H19ClN2O. The van der Waals surface area contributed by atoms with Gasteiger partial charge in [0.1, 0.15) is 0 Å². The zero-order valence-corrected chi connectivity index (χ0v) is 12.7. The van der Waals surface area contributed by atoms with Gasteiger partial charge in [-0.25, -0.2) is 4.79 Å². The van der Waals surface area contributed by atoms with E-state index in [0.29, 0.717) is 5.02 Å². The summed E-state index contributed by atoms with van der Waals surface area (Å²) in [5.74, 6) is 0. The summed E-state index contributed by atoms with van der Waals surface area (Å²) in [4.78, 5) is 11.9. The number of rotatable bonds is 5. The van der Waals surface area contributed by atoms with Gasteiger partial charge in [-0.2, -0.15) is 0 Å². The summed E-state index contributed by atoms with van der Waals surface area (Å²) >= 11 is 5.80. The second-order valence-corrected chi connectivity index (χ2v) is 5.47. The highest BCUT2D eigenvalue weighted by molar-refractivity contribution is 6.30. The van der Waals surface area contributed by atoms with Gasteiger partial charge in [0.25, 0.3) is 0 Å². The molecule has 0 aliphatic heterocycles. The molecular weight excluding hydrogens is 284 g/mol. The maximum atomic E-state index is 11.9. The molecule has 0 fully saturated rings. The smallest absolute Gasteiger partial charge is 0.319 e. The fourth-order valence-electron chi connectivity index (χ4n) is 2.02. The summed E-state index contributed by atoms with van der Waals surface area (Å²) < 4.78 is 0. The first kappa shape index (κ1) is 15.4. The third-order valence-corrected chi connectivity index (χ3v) is 3.44.